The molecule has 2 aromatic heterocycles. The van der Waals surface area contributed by atoms with E-state index in [4.69, 9.17) is 16.0 Å². The van der Waals surface area contributed by atoms with E-state index in [0.29, 0.717) is 35.3 Å². The van der Waals surface area contributed by atoms with E-state index >= 15 is 0 Å². The largest absolute Gasteiger partial charge is 0.466 e. The number of nitrogens with one attached hydrogen (secondary N) is 1. The number of aryl methyl sites for hydroxylation is 2. The topological polar surface area (TPSA) is 66.8 Å². The van der Waals surface area contributed by atoms with Gasteiger partial charge in [0.25, 0.3) is 0 Å². The monoisotopic (exact) mass is 486 g/mol. The average molecular weight is 487 g/mol. The van der Waals surface area contributed by atoms with Crippen molar-refractivity contribution in [3.05, 3.63) is 64.2 Å². The first-order valence-corrected chi connectivity index (χ1v) is 9.63. The molecule has 0 spiro atoms. The zero-order chi connectivity index (χ0) is 24.5. The predicted molar refractivity (Wildman–Crippen MR) is 107 cm³/mol. The van der Waals surface area contributed by atoms with Crippen molar-refractivity contribution < 1.29 is 30.8 Å². The van der Waals surface area contributed by atoms with Gasteiger partial charge in [0.15, 0.2) is 11.2 Å². The van der Waals surface area contributed by atoms with Gasteiger partial charge in [-0.15, -0.1) is 6.58 Å². The van der Waals surface area contributed by atoms with Crippen molar-refractivity contribution in [2.45, 2.75) is 31.7 Å². The minimum Gasteiger partial charge on any atom is -0.466 e. The van der Waals surface area contributed by atoms with E-state index < -0.39 is 39.7 Å². The highest BCUT2D eigenvalue weighted by molar-refractivity contribution is 6.32. The molecule has 12 heteroatoms. The van der Waals surface area contributed by atoms with Gasteiger partial charge in [0.05, 0.1) is 21.8 Å². The van der Waals surface area contributed by atoms with E-state index in [2.05, 4.69) is 17.0 Å². The maximum Gasteiger partial charge on any atom is 0.419 e. The number of furan rings is 1. The third kappa shape index (κ3) is 3.20. The average Bonchev–Trinajstić information content (AvgIpc) is 3.23. The molecule has 1 atom stereocenters. The first kappa shape index (κ1) is 22.8. The molecule has 5 nitrogen and oxygen atoms in total. The molecule has 1 aliphatic heterocycles. The lowest BCUT2D eigenvalue weighted by Crippen LogP contribution is -2.50. The highest BCUT2D eigenvalue weighted by atomic mass is 35.5. The van der Waals surface area contributed by atoms with Crippen molar-refractivity contribution in [1.29, 1.82) is 5.26 Å². The summed E-state index contributed by atoms with van der Waals surface area (Å²) in [6.45, 7) is 6.41. The summed E-state index contributed by atoms with van der Waals surface area (Å²) in [5, 5.41) is 15.3. The van der Waals surface area contributed by atoms with Crippen molar-refractivity contribution in [2.75, 3.05) is 5.32 Å². The summed E-state index contributed by atoms with van der Waals surface area (Å²) < 4.78 is 90.0. The molecule has 0 saturated heterocycles. The van der Waals surface area contributed by atoms with Crippen LogP contribution in [0.3, 0.4) is 0 Å². The summed E-state index contributed by atoms with van der Waals surface area (Å²) in [6.07, 6.45) is -9.64. The van der Waals surface area contributed by atoms with E-state index in [9.17, 15) is 31.6 Å². The van der Waals surface area contributed by atoms with Crippen LogP contribution in [0.5, 0.6) is 0 Å². The van der Waals surface area contributed by atoms with Gasteiger partial charge in [-0.05, 0) is 32.0 Å². The van der Waals surface area contributed by atoms with Gasteiger partial charge in [-0.25, -0.2) is 4.68 Å². The molecule has 0 radical (unpaired) electrons. The van der Waals surface area contributed by atoms with Crippen molar-refractivity contribution >= 4 is 17.4 Å². The number of hydrogen-bond donors (Lipinski definition) is 1. The second-order valence-corrected chi connectivity index (χ2v) is 7.82. The standard InChI is InChI=1S/C21H13ClF6N4O/c1-4-19(21(26,27)28)13-6-11(20(23,24)25)7-14(22)17(13)32-18(30-19)16(15(8-29)31-32)12-5-9(2)33-10(12)3/h4-7,30H,1H2,2-3H3. The van der Waals surface area contributed by atoms with Crippen LogP contribution in [0.25, 0.3) is 16.8 Å². The molecule has 3 aromatic rings. The molecule has 1 unspecified atom stereocenters. The van der Waals surface area contributed by atoms with Gasteiger partial charge in [-0.3, -0.25) is 0 Å². The summed E-state index contributed by atoms with van der Waals surface area (Å²) in [5.74, 6) is 0.449. The summed E-state index contributed by atoms with van der Waals surface area (Å²) in [6, 6.07) is 4.20. The van der Waals surface area contributed by atoms with Crippen LogP contribution >= 0.6 is 11.6 Å². The third-order valence-corrected chi connectivity index (χ3v) is 5.69. The lowest BCUT2D eigenvalue weighted by Gasteiger charge is -2.40. The molecular formula is C21H13ClF6N4O. The Hall–Kier alpha value is -3.39. The number of nitrogens with zero attached hydrogens (tertiary/aromatic N) is 3. The minimum absolute atomic E-state index is 0.0102. The molecule has 4 rings (SSSR count). The lowest BCUT2D eigenvalue weighted by atomic mass is 9.84. The molecule has 1 aliphatic rings. The Morgan fingerprint density at radius 2 is 1.88 bits per heavy atom. The van der Waals surface area contributed by atoms with Crippen molar-refractivity contribution in [3.63, 3.8) is 0 Å². The molecule has 0 saturated carbocycles. The van der Waals surface area contributed by atoms with E-state index in [1.54, 1.807) is 13.8 Å². The van der Waals surface area contributed by atoms with Gasteiger partial charge in [0.2, 0.25) is 0 Å². The summed E-state index contributed by atoms with van der Waals surface area (Å²) >= 11 is 6.11. The number of anilines is 1. The predicted octanol–water partition coefficient (Wildman–Crippen LogP) is 6.66. The highest BCUT2D eigenvalue weighted by Gasteiger charge is 2.59. The van der Waals surface area contributed by atoms with Gasteiger partial charge in [0, 0.05) is 11.1 Å². The van der Waals surface area contributed by atoms with E-state index in [1.165, 1.54) is 6.07 Å². The Balaban J connectivity index is 2.17. The Kier molecular flexibility index (Phi) is 4.87. The van der Waals surface area contributed by atoms with Crippen LogP contribution in [-0.4, -0.2) is 16.0 Å². The number of fused-ring (bicyclic) bond motifs is 3. The SMILES string of the molecule is C=CC1(C(F)(F)F)Nc2c(-c3cc(C)oc3C)c(C#N)nn2-c2c(Cl)cc(C(F)(F)F)cc21. The van der Waals surface area contributed by atoms with Gasteiger partial charge < -0.3 is 9.73 Å². The first-order valence-electron chi connectivity index (χ1n) is 9.25. The zero-order valence-corrected chi connectivity index (χ0v) is 17.7. The Bertz CT molecular complexity index is 1340. The van der Waals surface area contributed by atoms with E-state index in [-0.39, 0.29) is 17.1 Å². The van der Waals surface area contributed by atoms with Crippen molar-refractivity contribution in [1.82, 2.24) is 9.78 Å². The first-order chi connectivity index (χ1) is 15.2. The normalized spacial score (nSPS) is 17.7. The number of alkyl halides is 6. The van der Waals surface area contributed by atoms with E-state index in [0.717, 1.165) is 4.68 Å². The molecule has 0 bridgehead atoms. The second kappa shape index (κ2) is 7.05. The molecule has 1 N–H and O–H groups in total. The number of aromatic nitrogens is 2. The summed E-state index contributed by atoms with van der Waals surface area (Å²) in [7, 11) is 0. The van der Waals surface area contributed by atoms with Gasteiger partial charge >= 0.3 is 12.4 Å². The second-order valence-electron chi connectivity index (χ2n) is 7.41. The quantitative estimate of drug-likeness (QED) is 0.325. The van der Waals surface area contributed by atoms with Gasteiger partial charge in [-0.1, -0.05) is 17.7 Å². The highest BCUT2D eigenvalue weighted by Crippen LogP contribution is 2.53. The number of nitriles is 1. The van der Waals surface area contributed by atoms with Crippen molar-refractivity contribution in [3.8, 4) is 22.9 Å². The molecule has 3 heterocycles. The van der Waals surface area contributed by atoms with Gasteiger partial charge in [0.1, 0.15) is 23.4 Å². The number of benzene rings is 1. The number of rotatable bonds is 2. The van der Waals surface area contributed by atoms with Crippen molar-refractivity contribution in [2.24, 2.45) is 0 Å². The Morgan fingerprint density at radius 1 is 1.21 bits per heavy atom. The third-order valence-electron chi connectivity index (χ3n) is 5.40. The Morgan fingerprint density at radius 3 is 2.36 bits per heavy atom. The number of hydrogen-bond acceptors (Lipinski definition) is 4. The van der Waals surface area contributed by atoms with Crippen LogP contribution < -0.4 is 5.32 Å². The van der Waals surface area contributed by atoms with Crippen LogP contribution in [0.2, 0.25) is 5.02 Å². The maximum atomic E-state index is 14.5. The molecular weight excluding hydrogens is 474 g/mol. The Labute approximate surface area is 187 Å². The van der Waals surface area contributed by atoms with Crippen LogP contribution in [-0.2, 0) is 11.7 Å². The fraction of sp³-hybridized carbons (Fsp3) is 0.238. The maximum absolute atomic E-state index is 14.5. The number of halogens is 7. The van der Waals surface area contributed by atoms with Crippen LogP contribution in [0.4, 0.5) is 32.2 Å². The minimum atomic E-state index is -5.14. The molecule has 0 fully saturated rings. The molecule has 172 valence electrons. The van der Waals surface area contributed by atoms with Gasteiger partial charge in [-0.2, -0.15) is 36.7 Å². The van der Waals surface area contributed by atoms with E-state index in [1.807, 2.05) is 6.07 Å². The van der Waals surface area contributed by atoms with Crippen LogP contribution in [0.1, 0.15) is 28.3 Å². The molecule has 0 amide bonds. The lowest BCUT2D eigenvalue weighted by molar-refractivity contribution is -0.169. The molecule has 0 aliphatic carbocycles. The smallest absolute Gasteiger partial charge is 0.419 e. The molecule has 33 heavy (non-hydrogen) atoms. The zero-order valence-electron chi connectivity index (χ0n) is 16.9. The summed E-state index contributed by atoms with van der Waals surface area (Å²) in [4.78, 5) is 0. The fourth-order valence-electron chi connectivity index (χ4n) is 3.94. The molecule has 1 aromatic carbocycles. The summed E-state index contributed by atoms with van der Waals surface area (Å²) in [5.41, 5.74) is -5.82. The fourth-order valence-corrected chi connectivity index (χ4v) is 4.24. The van der Waals surface area contributed by atoms with Crippen LogP contribution in [0, 0.1) is 25.2 Å². The van der Waals surface area contributed by atoms with Crippen LogP contribution in [0.15, 0.2) is 35.3 Å².